The van der Waals surface area contributed by atoms with Crippen molar-refractivity contribution >= 4 is 0 Å². The van der Waals surface area contributed by atoms with Crippen LogP contribution >= 0.6 is 0 Å². The molecule has 0 spiro atoms. The molecule has 2 N–H and O–H groups in total. The van der Waals surface area contributed by atoms with E-state index in [0.717, 1.165) is 18.7 Å². The molecule has 2 aromatic rings. The molecule has 0 aliphatic rings. The van der Waals surface area contributed by atoms with E-state index in [0.29, 0.717) is 5.92 Å². The van der Waals surface area contributed by atoms with Crippen molar-refractivity contribution in [2.24, 2.45) is 11.7 Å². The molecule has 2 atom stereocenters. The Labute approximate surface area is 126 Å². The summed E-state index contributed by atoms with van der Waals surface area (Å²) in [6.07, 6.45) is 0. The molecule has 0 saturated heterocycles. The Bertz CT molecular complexity index is 539. The topological polar surface area (TPSA) is 29.3 Å². The van der Waals surface area contributed by atoms with E-state index in [2.05, 4.69) is 31.0 Å². The summed E-state index contributed by atoms with van der Waals surface area (Å²) in [5, 5.41) is 0. The zero-order valence-corrected chi connectivity index (χ0v) is 12.7. The Kier molecular flexibility index (Phi) is 5.48. The second-order valence-electron chi connectivity index (χ2n) is 5.74. The second-order valence-corrected chi connectivity index (χ2v) is 5.74. The van der Waals surface area contributed by atoms with Gasteiger partial charge in [-0.15, -0.1) is 0 Å². The highest BCUT2D eigenvalue weighted by Crippen LogP contribution is 2.20. The Balaban J connectivity index is 1.89. The number of nitrogens with two attached hydrogens (primary N) is 1. The van der Waals surface area contributed by atoms with Crippen LogP contribution in [-0.2, 0) is 6.54 Å². The third-order valence-corrected chi connectivity index (χ3v) is 3.76. The first kappa shape index (κ1) is 15.7. The fourth-order valence-electron chi connectivity index (χ4n) is 2.58. The van der Waals surface area contributed by atoms with Crippen LogP contribution in [0, 0.1) is 11.7 Å². The first-order chi connectivity index (χ1) is 10.1. The van der Waals surface area contributed by atoms with Gasteiger partial charge in [-0.1, -0.05) is 49.4 Å². The highest BCUT2D eigenvalue weighted by molar-refractivity contribution is 5.19. The maximum atomic E-state index is 12.9. The van der Waals surface area contributed by atoms with Crippen molar-refractivity contribution in [3.05, 3.63) is 71.5 Å². The fraction of sp³-hybridized carbons (Fsp3) is 0.333. The molecule has 2 nitrogen and oxygen atoms in total. The van der Waals surface area contributed by atoms with Crippen LogP contribution in [0.1, 0.15) is 24.1 Å². The lowest BCUT2D eigenvalue weighted by Gasteiger charge is -2.26. The lowest BCUT2D eigenvalue weighted by atomic mass is 9.95. The largest absolute Gasteiger partial charge is 0.324 e. The number of hydrogen-bond acceptors (Lipinski definition) is 2. The molecule has 0 aromatic heterocycles. The SMILES string of the molecule is CC(CN(C)Cc1ccc(F)cc1)C(N)c1ccccc1. The van der Waals surface area contributed by atoms with Crippen molar-refractivity contribution in [1.82, 2.24) is 4.90 Å². The molecule has 0 fully saturated rings. The van der Waals surface area contributed by atoms with Gasteiger partial charge < -0.3 is 10.6 Å². The van der Waals surface area contributed by atoms with Crippen molar-refractivity contribution in [3.8, 4) is 0 Å². The van der Waals surface area contributed by atoms with Crippen molar-refractivity contribution in [1.29, 1.82) is 0 Å². The molecule has 0 heterocycles. The lowest BCUT2D eigenvalue weighted by molar-refractivity contribution is 0.258. The number of hydrogen-bond donors (Lipinski definition) is 1. The molecule has 2 aromatic carbocycles. The summed E-state index contributed by atoms with van der Waals surface area (Å²) in [7, 11) is 2.07. The van der Waals surface area contributed by atoms with E-state index in [4.69, 9.17) is 5.73 Å². The monoisotopic (exact) mass is 286 g/mol. The molecule has 0 aliphatic heterocycles. The number of halogens is 1. The van der Waals surface area contributed by atoms with Crippen molar-refractivity contribution < 1.29 is 4.39 Å². The van der Waals surface area contributed by atoms with Gasteiger partial charge in [0.2, 0.25) is 0 Å². The zero-order valence-electron chi connectivity index (χ0n) is 12.7. The molecule has 3 heteroatoms. The van der Waals surface area contributed by atoms with Gasteiger partial charge in [-0.05, 0) is 36.2 Å². The van der Waals surface area contributed by atoms with Crippen molar-refractivity contribution in [3.63, 3.8) is 0 Å². The van der Waals surface area contributed by atoms with Gasteiger partial charge in [0.25, 0.3) is 0 Å². The summed E-state index contributed by atoms with van der Waals surface area (Å²) < 4.78 is 12.9. The Hall–Kier alpha value is -1.71. The molecular formula is C18H23FN2. The smallest absolute Gasteiger partial charge is 0.123 e. The average molecular weight is 286 g/mol. The van der Waals surface area contributed by atoms with Crippen LogP contribution in [0.5, 0.6) is 0 Å². The summed E-state index contributed by atoms with van der Waals surface area (Å²) in [6, 6.07) is 16.9. The quantitative estimate of drug-likeness (QED) is 0.879. The zero-order chi connectivity index (χ0) is 15.2. The Morgan fingerprint density at radius 3 is 2.29 bits per heavy atom. The number of nitrogens with zero attached hydrogens (tertiary/aromatic N) is 1. The van der Waals surface area contributed by atoms with Gasteiger partial charge >= 0.3 is 0 Å². The highest BCUT2D eigenvalue weighted by atomic mass is 19.1. The maximum absolute atomic E-state index is 12.9. The van der Waals surface area contributed by atoms with Crippen LogP contribution in [0.2, 0.25) is 0 Å². The molecular weight excluding hydrogens is 263 g/mol. The van der Waals surface area contributed by atoms with E-state index in [1.54, 1.807) is 0 Å². The molecule has 0 aliphatic carbocycles. The van der Waals surface area contributed by atoms with Gasteiger partial charge in [-0.3, -0.25) is 0 Å². The predicted molar refractivity (Wildman–Crippen MR) is 85.3 cm³/mol. The van der Waals surface area contributed by atoms with Crippen molar-refractivity contribution in [2.75, 3.05) is 13.6 Å². The van der Waals surface area contributed by atoms with Gasteiger partial charge in [0.1, 0.15) is 5.82 Å². The molecule has 0 saturated carbocycles. The van der Waals surface area contributed by atoms with Crippen LogP contribution in [0.4, 0.5) is 4.39 Å². The third kappa shape index (κ3) is 4.66. The molecule has 2 unspecified atom stereocenters. The number of benzene rings is 2. The molecule has 21 heavy (non-hydrogen) atoms. The average Bonchev–Trinajstić information content (AvgIpc) is 2.49. The number of rotatable bonds is 6. The lowest BCUT2D eigenvalue weighted by Crippen LogP contribution is -2.30. The Morgan fingerprint density at radius 1 is 1.05 bits per heavy atom. The molecule has 112 valence electrons. The van der Waals surface area contributed by atoms with Crippen LogP contribution in [0.3, 0.4) is 0 Å². The fourth-order valence-corrected chi connectivity index (χ4v) is 2.58. The Morgan fingerprint density at radius 2 is 1.67 bits per heavy atom. The summed E-state index contributed by atoms with van der Waals surface area (Å²) in [4.78, 5) is 2.22. The van der Waals surface area contributed by atoms with Gasteiger partial charge in [0.05, 0.1) is 0 Å². The van der Waals surface area contributed by atoms with Gasteiger partial charge in [-0.2, -0.15) is 0 Å². The van der Waals surface area contributed by atoms with E-state index in [9.17, 15) is 4.39 Å². The summed E-state index contributed by atoms with van der Waals surface area (Å²) in [6.45, 7) is 3.86. The summed E-state index contributed by atoms with van der Waals surface area (Å²) >= 11 is 0. The summed E-state index contributed by atoms with van der Waals surface area (Å²) in [5.41, 5.74) is 8.60. The van der Waals surface area contributed by atoms with Gasteiger partial charge in [0, 0.05) is 19.1 Å². The second kappa shape index (κ2) is 7.34. The predicted octanol–water partition coefficient (Wildman–Crippen LogP) is 3.59. The standard InChI is InChI=1S/C18H23FN2/c1-14(18(20)16-6-4-3-5-7-16)12-21(2)13-15-8-10-17(19)11-9-15/h3-11,14,18H,12-13,20H2,1-2H3. The van der Waals surface area contributed by atoms with Crippen LogP contribution < -0.4 is 5.73 Å². The molecule has 0 bridgehead atoms. The van der Waals surface area contributed by atoms with E-state index in [-0.39, 0.29) is 11.9 Å². The minimum absolute atomic E-state index is 0.0295. The first-order valence-electron chi connectivity index (χ1n) is 7.30. The molecule has 0 amide bonds. The van der Waals surface area contributed by atoms with E-state index >= 15 is 0 Å². The van der Waals surface area contributed by atoms with E-state index in [1.165, 1.54) is 17.7 Å². The molecule has 2 rings (SSSR count). The van der Waals surface area contributed by atoms with Gasteiger partial charge in [0.15, 0.2) is 0 Å². The van der Waals surface area contributed by atoms with Gasteiger partial charge in [-0.25, -0.2) is 4.39 Å². The van der Waals surface area contributed by atoms with E-state index in [1.807, 2.05) is 30.3 Å². The van der Waals surface area contributed by atoms with Crippen LogP contribution in [-0.4, -0.2) is 18.5 Å². The highest BCUT2D eigenvalue weighted by Gasteiger charge is 2.16. The van der Waals surface area contributed by atoms with Crippen molar-refractivity contribution in [2.45, 2.75) is 19.5 Å². The summed E-state index contributed by atoms with van der Waals surface area (Å²) in [5.74, 6) is 0.152. The van der Waals surface area contributed by atoms with Crippen LogP contribution in [0.15, 0.2) is 54.6 Å². The van der Waals surface area contributed by atoms with Crippen LogP contribution in [0.25, 0.3) is 0 Å². The molecule has 0 radical (unpaired) electrons. The van der Waals surface area contributed by atoms with E-state index < -0.39 is 0 Å². The first-order valence-corrected chi connectivity index (χ1v) is 7.30. The third-order valence-electron chi connectivity index (χ3n) is 3.76. The normalized spacial score (nSPS) is 14.1. The minimum atomic E-state index is -0.194. The maximum Gasteiger partial charge on any atom is 0.123 e. The minimum Gasteiger partial charge on any atom is -0.324 e.